The molecule has 2 aromatic carbocycles. The molecule has 3 N–H and O–H groups in total. The van der Waals surface area contributed by atoms with E-state index in [2.05, 4.69) is 5.32 Å². The van der Waals surface area contributed by atoms with E-state index < -0.39 is 60.5 Å². The summed E-state index contributed by atoms with van der Waals surface area (Å²) in [6, 6.07) is 7.96. The molecule has 1 aliphatic rings. The van der Waals surface area contributed by atoms with Crippen molar-refractivity contribution in [3.05, 3.63) is 81.0 Å². The van der Waals surface area contributed by atoms with Crippen LogP contribution in [0.2, 0.25) is 5.02 Å². The van der Waals surface area contributed by atoms with Gasteiger partial charge in [0.2, 0.25) is 11.8 Å². The lowest BCUT2D eigenvalue weighted by atomic mass is 9.90. The Morgan fingerprint density at radius 3 is 2.51 bits per heavy atom. The molecule has 1 aromatic heterocycles. The topological polar surface area (TPSA) is 113 Å². The van der Waals surface area contributed by atoms with Crippen LogP contribution in [0, 0.1) is 11.7 Å². The van der Waals surface area contributed by atoms with Gasteiger partial charge in [-0.15, -0.1) is 0 Å². The van der Waals surface area contributed by atoms with Crippen molar-refractivity contribution in [1.82, 2.24) is 4.57 Å². The van der Waals surface area contributed by atoms with Gasteiger partial charge in [-0.1, -0.05) is 17.7 Å². The maximum atomic E-state index is 15.3. The highest BCUT2D eigenvalue weighted by atomic mass is 35.5. The van der Waals surface area contributed by atoms with Crippen LogP contribution in [0.1, 0.15) is 35.3 Å². The smallest absolute Gasteiger partial charge is 0.395 e. The maximum Gasteiger partial charge on any atom is 0.395 e. The van der Waals surface area contributed by atoms with Gasteiger partial charge in [-0.25, -0.2) is 4.39 Å². The number of nitrogens with one attached hydrogen (secondary N) is 1. The summed E-state index contributed by atoms with van der Waals surface area (Å²) in [6.07, 6.45) is -4.67. The molecular formula is C28H26ClF4N3O5. The summed E-state index contributed by atoms with van der Waals surface area (Å²) in [5, 5.41) is 2.32. The summed E-state index contributed by atoms with van der Waals surface area (Å²) in [4.78, 5) is 38.2. The Morgan fingerprint density at radius 1 is 1.22 bits per heavy atom. The van der Waals surface area contributed by atoms with Gasteiger partial charge in [0.05, 0.1) is 23.2 Å². The van der Waals surface area contributed by atoms with E-state index >= 15 is 4.39 Å². The summed E-state index contributed by atoms with van der Waals surface area (Å²) in [7, 11) is 1.41. The van der Waals surface area contributed by atoms with Gasteiger partial charge < -0.3 is 20.5 Å². The second-order valence-electron chi connectivity index (χ2n) is 9.67. The monoisotopic (exact) mass is 595 g/mol. The van der Waals surface area contributed by atoms with Gasteiger partial charge >= 0.3 is 6.18 Å². The van der Waals surface area contributed by atoms with Crippen molar-refractivity contribution < 1.29 is 36.6 Å². The number of halogens is 5. The minimum absolute atomic E-state index is 0.0116. The van der Waals surface area contributed by atoms with Crippen LogP contribution >= 0.6 is 11.6 Å². The van der Waals surface area contributed by atoms with E-state index in [4.69, 9.17) is 26.8 Å². The van der Waals surface area contributed by atoms with E-state index in [1.807, 2.05) is 0 Å². The number of fused-ring (bicyclic) bond motifs is 3. The number of methoxy groups -OCH3 is 1. The number of hydrogen-bond donors (Lipinski definition) is 2. The Labute approximate surface area is 237 Å². The number of alkyl halides is 3. The highest BCUT2D eigenvalue weighted by molar-refractivity contribution is 6.31. The number of carbonyl (C=O) groups excluding carboxylic acids is 2. The molecule has 2 amide bonds. The number of carbonyl (C=O) groups is 2. The molecular weight excluding hydrogens is 570 g/mol. The normalized spacial score (nSPS) is 16.3. The Hall–Kier alpha value is -3.90. The number of anilines is 1. The van der Waals surface area contributed by atoms with E-state index in [9.17, 15) is 27.6 Å². The minimum atomic E-state index is -4.65. The number of primary amides is 1. The fourth-order valence-corrected chi connectivity index (χ4v) is 4.72. The molecule has 0 spiro atoms. The summed E-state index contributed by atoms with van der Waals surface area (Å²) < 4.78 is 68.5. The highest BCUT2D eigenvalue weighted by Gasteiger charge is 2.42. The average Bonchev–Trinajstić information content (AvgIpc) is 2.90. The number of benzene rings is 2. The number of nitrogens with zero attached hydrogens (tertiary/aromatic N) is 1. The number of rotatable bonds is 7. The number of amides is 2. The lowest BCUT2D eigenvalue weighted by molar-refractivity contribution is -0.181. The first-order valence-corrected chi connectivity index (χ1v) is 12.8. The SMILES string of the molecule is CO[C@H](C)C[C@@H](C(=O)Nc1ccc(C(N)=O)cc1)n1cc2c(cc1=O)-c1c(ccc(Cl)c1F)C[C@@H](C(F)(F)F)CO2. The molecule has 0 saturated carbocycles. The van der Waals surface area contributed by atoms with E-state index in [0.717, 1.165) is 22.9 Å². The van der Waals surface area contributed by atoms with Gasteiger partial charge in [0.25, 0.3) is 5.56 Å². The first kappa shape index (κ1) is 30.1. The van der Waals surface area contributed by atoms with Crippen molar-refractivity contribution in [2.75, 3.05) is 19.0 Å². The van der Waals surface area contributed by atoms with Crippen LogP contribution in [0.25, 0.3) is 11.1 Å². The van der Waals surface area contributed by atoms with Crippen LogP contribution < -0.4 is 21.3 Å². The zero-order chi connectivity index (χ0) is 30.1. The summed E-state index contributed by atoms with van der Waals surface area (Å²) in [5.74, 6) is -4.50. The first-order chi connectivity index (χ1) is 19.3. The lowest BCUT2D eigenvalue weighted by Gasteiger charge is -2.28. The van der Waals surface area contributed by atoms with Crippen LogP contribution in [-0.2, 0) is 16.0 Å². The molecule has 0 saturated heterocycles. The molecule has 0 unspecified atom stereocenters. The molecule has 4 rings (SSSR count). The third-order valence-electron chi connectivity index (χ3n) is 6.90. The van der Waals surface area contributed by atoms with Crippen molar-refractivity contribution in [3.63, 3.8) is 0 Å². The van der Waals surface area contributed by atoms with E-state index in [1.165, 1.54) is 37.4 Å². The van der Waals surface area contributed by atoms with Crippen LogP contribution in [0.3, 0.4) is 0 Å². The molecule has 3 atom stereocenters. The molecule has 41 heavy (non-hydrogen) atoms. The summed E-state index contributed by atoms with van der Waals surface area (Å²) in [6.45, 7) is 0.870. The summed E-state index contributed by atoms with van der Waals surface area (Å²) in [5.41, 5.74) is 4.68. The Bertz CT molecular complexity index is 1520. The van der Waals surface area contributed by atoms with Gasteiger partial charge in [0.15, 0.2) is 0 Å². The number of pyridine rings is 1. The van der Waals surface area contributed by atoms with Crippen molar-refractivity contribution in [3.8, 4) is 16.9 Å². The minimum Gasteiger partial charge on any atom is -0.491 e. The van der Waals surface area contributed by atoms with Crippen molar-refractivity contribution in [2.24, 2.45) is 11.7 Å². The zero-order valence-corrected chi connectivity index (χ0v) is 22.7. The predicted octanol–water partition coefficient (Wildman–Crippen LogP) is 5.12. The van der Waals surface area contributed by atoms with Crippen LogP contribution in [-0.4, -0.2) is 42.4 Å². The van der Waals surface area contributed by atoms with Crippen molar-refractivity contribution in [2.45, 2.75) is 38.1 Å². The van der Waals surface area contributed by atoms with Gasteiger partial charge in [-0.05, 0) is 49.2 Å². The number of aromatic nitrogens is 1. The fraction of sp³-hybridized carbons (Fsp3) is 0.321. The third-order valence-corrected chi connectivity index (χ3v) is 7.19. The first-order valence-electron chi connectivity index (χ1n) is 12.5. The fourth-order valence-electron chi connectivity index (χ4n) is 4.56. The molecule has 2 heterocycles. The number of ether oxygens (including phenoxy) is 2. The average molecular weight is 596 g/mol. The molecule has 218 valence electrons. The maximum absolute atomic E-state index is 15.3. The van der Waals surface area contributed by atoms with E-state index in [0.29, 0.717) is 5.69 Å². The highest BCUT2D eigenvalue weighted by Crippen LogP contribution is 2.42. The number of nitrogens with two attached hydrogens (primary N) is 1. The molecule has 3 aromatic rings. The van der Waals surface area contributed by atoms with E-state index in [1.54, 1.807) is 6.92 Å². The lowest BCUT2D eigenvalue weighted by Crippen LogP contribution is -2.36. The van der Waals surface area contributed by atoms with Gasteiger partial charge in [-0.3, -0.25) is 19.0 Å². The predicted molar refractivity (Wildman–Crippen MR) is 144 cm³/mol. The standard InChI is InChI=1S/C28H26ClF4N3O5/c1-14(40-2)9-21(27(39)35-18-6-3-15(4-7-18)26(34)38)36-12-22-19(11-23(36)37)24-16(5-8-20(29)25(24)30)10-17(13-41-22)28(31,32)33/h3-8,11-12,14,17,21H,9-10,13H2,1-2H3,(H2,34,38)(H,35,39)/t14-,17-,21+/m1/s1. The van der Waals surface area contributed by atoms with Gasteiger partial charge in [0, 0.05) is 42.0 Å². The van der Waals surface area contributed by atoms with Crippen LogP contribution in [0.4, 0.5) is 23.2 Å². The van der Waals surface area contributed by atoms with E-state index in [-0.39, 0.29) is 39.4 Å². The third kappa shape index (κ3) is 6.54. The molecule has 0 aliphatic carbocycles. The number of hydrogen-bond acceptors (Lipinski definition) is 5. The Kier molecular flexibility index (Phi) is 8.74. The summed E-state index contributed by atoms with van der Waals surface area (Å²) >= 11 is 5.96. The van der Waals surface area contributed by atoms with Gasteiger partial charge in [-0.2, -0.15) is 13.2 Å². The van der Waals surface area contributed by atoms with Crippen LogP contribution in [0.5, 0.6) is 5.75 Å². The molecule has 0 bridgehead atoms. The van der Waals surface area contributed by atoms with Crippen LogP contribution in [0.15, 0.2) is 53.5 Å². The second-order valence-corrected chi connectivity index (χ2v) is 10.1. The molecule has 0 radical (unpaired) electrons. The molecule has 13 heteroatoms. The van der Waals surface area contributed by atoms with Gasteiger partial charge in [0.1, 0.15) is 24.2 Å². The van der Waals surface area contributed by atoms with Crippen molar-refractivity contribution >= 4 is 29.1 Å². The zero-order valence-electron chi connectivity index (χ0n) is 21.9. The Balaban J connectivity index is 1.81. The largest absolute Gasteiger partial charge is 0.491 e. The molecule has 1 aliphatic heterocycles. The molecule has 8 nitrogen and oxygen atoms in total. The molecule has 0 fully saturated rings. The second kappa shape index (κ2) is 11.9. The Morgan fingerprint density at radius 2 is 1.90 bits per heavy atom. The van der Waals surface area contributed by atoms with Crippen molar-refractivity contribution in [1.29, 1.82) is 0 Å². The quantitative estimate of drug-likeness (QED) is 0.368.